The highest BCUT2D eigenvalue weighted by atomic mass is 19.3. The number of carbonyl (C=O) groups is 2. The summed E-state index contributed by atoms with van der Waals surface area (Å²) in [6.07, 6.45) is 0.283. The molecule has 0 aliphatic heterocycles. The average Bonchev–Trinajstić information content (AvgIpc) is 2.43. The lowest BCUT2D eigenvalue weighted by atomic mass is 9.75. The molecule has 0 radical (unpaired) electrons. The number of nitrogens with one attached hydrogen (secondary N) is 1. The van der Waals surface area contributed by atoms with Crippen LogP contribution in [0, 0.1) is 6.92 Å². The number of aliphatic hydroxyl groups is 1. The molecule has 2 N–H and O–H groups in total. The second-order valence-corrected chi connectivity index (χ2v) is 6.14. The summed E-state index contributed by atoms with van der Waals surface area (Å²) in [7, 11) is 3.22. The summed E-state index contributed by atoms with van der Waals surface area (Å²) in [5.41, 5.74) is -1.11. The topological polar surface area (TPSA) is 69.6 Å². The minimum absolute atomic E-state index is 0.0945. The second kappa shape index (κ2) is 5.88. The maximum Gasteiger partial charge on any atom is 0.352 e. The van der Waals surface area contributed by atoms with Crippen molar-refractivity contribution in [2.24, 2.45) is 0 Å². The molecule has 23 heavy (non-hydrogen) atoms. The highest BCUT2D eigenvalue weighted by Gasteiger charge is 2.61. The van der Waals surface area contributed by atoms with Crippen LogP contribution in [0.4, 0.5) is 14.5 Å². The van der Waals surface area contributed by atoms with Gasteiger partial charge < -0.3 is 15.3 Å². The zero-order valence-corrected chi connectivity index (χ0v) is 13.3. The van der Waals surface area contributed by atoms with Crippen LogP contribution in [0.2, 0.25) is 0 Å². The van der Waals surface area contributed by atoms with Crippen molar-refractivity contribution < 1.29 is 23.5 Å². The molecule has 5 nitrogen and oxygen atoms in total. The number of hydrogen-bond donors (Lipinski definition) is 2. The number of amides is 2. The third-order valence-corrected chi connectivity index (χ3v) is 4.17. The van der Waals surface area contributed by atoms with Crippen molar-refractivity contribution in [3.63, 3.8) is 0 Å². The van der Waals surface area contributed by atoms with Crippen LogP contribution in [0.25, 0.3) is 0 Å². The lowest BCUT2D eigenvalue weighted by Gasteiger charge is -2.41. The van der Waals surface area contributed by atoms with Gasteiger partial charge in [0, 0.05) is 25.3 Å². The van der Waals surface area contributed by atoms with Gasteiger partial charge >= 0.3 is 5.92 Å². The Balaban J connectivity index is 2.16. The lowest BCUT2D eigenvalue weighted by Crippen LogP contribution is -2.59. The molecule has 0 heterocycles. The molecule has 0 aromatic heterocycles. The van der Waals surface area contributed by atoms with Crippen LogP contribution in [0.5, 0.6) is 0 Å². The van der Waals surface area contributed by atoms with E-state index >= 15 is 0 Å². The standard InChI is InChI=1S/C16H20F2N2O3/c1-10-9-11(5-6-12(10)13(21)20(2)3)19-14(22)16(17,18)15(23)7-4-8-15/h5-6,9,23H,4,7-8H2,1-3H3,(H,19,22). The van der Waals surface area contributed by atoms with Crippen molar-refractivity contribution in [1.29, 1.82) is 0 Å². The quantitative estimate of drug-likeness (QED) is 0.891. The number of anilines is 1. The first kappa shape index (κ1) is 17.3. The average molecular weight is 326 g/mol. The van der Waals surface area contributed by atoms with E-state index in [9.17, 15) is 23.5 Å². The van der Waals surface area contributed by atoms with E-state index in [0.717, 1.165) is 0 Å². The molecule has 0 saturated heterocycles. The lowest BCUT2D eigenvalue weighted by molar-refractivity contribution is -0.212. The van der Waals surface area contributed by atoms with Gasteiger partial charge in [-0.1, -0.05) is 0 Å². The molecule has 1 aromatic rings. The van der Waals surface area contributed by atoms with Crippen molar-refractivity contribution >= 4 is 17.5 Å². The summed E-state index contributed by atoms with van der Waals surface area (Å²) in [5, 5.41) is 11.9. The second-order valence-electron chi connectivity index (χ2n) is 6.14. The van der Waals surface area contributed by atoms with Crippen LogP contribution in [0.15, 0.2) is 18.2 Å². The van der Waals surface area contributed by atoms with Gasteiger partial charge in [-0.2, -0.15) is 8.78 Å². The van der Waals surface area contributed by atoms with E-state index in [2.05, 4.69) is 5.32 Å². The highest BCUT2D eigenvalue weighted by molar-refractivity contribution is 5.99. The SMILES string of the molecule is Cc1cc(NC(=O)C(F)(F)C2(O)CCC2)ccc1C(=O)N(C)C. The minimum atomic E-state index is -3.85. The molecular formula is C16H20F2N2O3. The number of halogens is 2. The van der Waals surface area contributed by atoms with Gasteiger partial charge in [0.2, 0.25) is 0 Å². The number of hydrogen-bond acceptors (Lipinski definition) is 3. The molecule has 1 saturated carbocycles. The Morgan fingerprint density at radius 1 is 1.30 bits per heavy atom. The highest BCUT2D eigenvalue weighted by Crippen LogP contribution is 2.44. The Hall–Kier alpha value is -2.02. The normalized spacial score (nSPS) is 16.4. The molecule has 0 bridgehead atoms. The number of carbonyl (C=O) groups excluding carboxylic acids is 2. The molecule has 2 amide bonds. The molecule has 0 spiro atoms. The molecule has 1 aromatic carbocycles. The molecule has 2 rings (SSSR count). The van der Waals surface area contributed by atoms with Gasteiger partial charge in [-0.05, 0) is 49.9 Å². The van der Waals surface area contributed by atoms with Gasteiger partial charge in [0.05, 0.1) is 0 Å². The summed E-state index contributed by atoms with van der Waals surface area (Å²) in [6, 6.07) is 4.32. The first-order valence-electron chi connectivity index (χ1n) is 7.32. The number of benzene rings is 1. The molecule has 1 fully saturated rings. The fourth-order valence-electron chi connectivity index (χ4n) is 2.47. The summed E-state index contributed by atoms with van der Waals surface area (Å²) < 4.78 is 28.0. The zero-order chi connectivity index (χ0) is 17.4. The van der Waals surface area contributed by atoms with Gasteiger partial charge in [-0.3, -0.25) is 9.59 Å². The van der Waals surface area contributed by atoms with Crippen molar-refractivity contribution in [2.75, 3.05) is 19.4 Å². The van der Waals surface area contributed by atoms with E-state index in [1.807, 2.05) is 0 Å². The third-order valence-electron chi connectivity index (χ3n) is 4.17. The fraction of sp³-hybridized carbons (Fsp3) is 0.500. The van der Waals surface area contributed by atoms with Gasteiger partial charge in [-0.15, -0.1) is 0 Å². The van der Waals surface area contributed by atoms with Crippen LogP contribution in [0.1, 0.15) is 35.2 Å². The van der Waals surface area contributed by atoms with Crippen LogP contribution >= 0.6 is 0 Å². The molecule has 0 unspecified atom stereocenters. The van der Waals surface area contributed by atoms with E-state index in [1.165, 1.54) is 23.1 Å². The summed E-state index contributed by atoms with van der Waals surface area (Å²) in [5.74, 6) is -5.60. The monoisotopic (exact) mass is 326 g/mol. The van der Waals surface area contributed by atoms with E-state index < -0.39 is 17.4 Å². The molecule has 7 heteroatoms. The Labute approximate surface area is 133 Å². The molecule has 1 aliphatic rings. The van der Waals surface area contributed by atoms with E-state index in [4.69, 9.17) is 0 Å². The maximum atomic E-state index is 14.0. The molecule has 0 atom stereocenters. The minimum Gasteiger partial charge on any atom is -0.383 e. The summed E-state index contributed by atoms with van der Waals surface area (Å²) in [4.78, 5) is 25.1. The Morgan fingerprint density at radius 2 is 1.91 bits per heavy atom. The largest absolute Gasteiger partial charge is 0.383 e. The maximum absolute atomic E-state index is 14.0. The zero-order valence-electron chi connectivity index (χ0n) is 13.3. The number of alkyl halides is 2. The van der Waals surface area contributed by atoms with Crippen LogP contribution in [-0.2, 0) is 4.79 Å². The number of nitrogens with zero attached hydrogens (tertiary/aromatic N) is 1. The third kappa shape index (κ3) is 3.06. The Bertz CT molecular complexity index is 640. The van der Waals surface area contributed by atoms with E-state index in [1.54, 1.807) is 21.0 Å². The number of aryl methyl sites for hydroxylation is 1. The summed E-state index contributed by atoms with van der Waals surface area (Å²) >= 11 is 0. The van der Waals surface area contributed by atoms with Gasteiger partial charge in [0.1, 0.15) is 5.60 Å². The van der Waals surface area contributed by atoms with E-state index in [-0.39, 0.29) is 24.4 Å². The molecule has 1 aliphatic carbocycles. The predicted octanol–water partition coefficient (Wildman–Crippen LogP) is 2.19. The van der Waals surface area contributed by atoms with Gasteiger partial charge in [0.15, 0.2) is 0 Å². The van der Waals surface area contributed by atoms with Gasteiger partial charge in [-0.25, -0.2) is 0 Å². The first-order chi connectivity index (χ1) is 10.6. The first-order valence-corrected chi connectivity index (χ1v) is 7.32. The van der Waals surface area contributed by atoms with Crippen LogP contribution in [-0.4, -0.2) is 47.4 Å². The molecule has 126 valence electrons. The summed E-state index contributed by atoms with van der Waals surface area (Å²) in [6.45, 7) is 1.66. The fourth-order valence-corrected chi connectivity index (χ4v) is 2.47. The van der Waals surface area contributed by atoms with Crippen molar-refractivity contribution in [3.8, 4) is 0 Å². The molecular weight excluding hydrogens is 306 g/mol. The number of rotatable bonds is 4. The van der Waals surface area contributed by atoms with E-state index in [0.29, 0.717) is 17.5 Å². The smallest absolute Gasteiger partial charge is 0.352 e. The predicted molar refractivity (Wildman–Crippen MR) is 81.6 cm³/mol. The Morgan fingerprint density at radius 3 is 2.35 bits per heavy atom. The van der Waals surface area contributed by atoms with Crippen LogP contribution < -0.4 is 5.32 Å². The van der Waals surface area contributed by atoms with Crippen molar-refractivity contribution in [1.82, 2.24) is 4.90 Å². The van der Waals surface area contributed by atoms with Crippen molar-refractivity contribution in [2.45, 2.75) is 37.7 Å². The van der Waals surface area contributed by atoms with Gasteiger partial charge in [0.25, 0.3) is 11.8 Å². The Kier molecular flexibility index (Phi) is 4.43. The van der Waals surface area contributed by atoms with Crippen LogP contribution in [0.3, 0.4) is 0 Å². The van der Waals surface area contributed by atoms with Crippen molar-refractivity contribution in [3.05, 3.63) is 29.3 Å².